The lowest BCUT2D eigenvalue weighted by Gasteiger charge is -2.27. The number of aromatic nitrogens is 3. The number of amides is 1. The van der Waals surface area contributed by atoms with Crippen molar-refractivity contribution in [3.8, 4) is 11.1 Å². The number of morpholine rings is 1. The maximum absolute atomic E-state index is 12.5. The zero-order valence-corrected chi connectivity index (χ0v) is 18.0. The number of rotatable bonds is 3. The molecule has 1 saturated heterocycles. The largest absolute Gasteiger partial charge is 0.453 e. The highest BCUT2D eigenvalue weighted by Gasteiger charge is 2.24. The van der Waals surface area contributed by atoms with Gasteiger partial charge in [-0.1, -0.05) is 6.07 Å². The second kappa shape index (κ2) is 7.21. The van der Waals surface area contributed by atoms with Gasteiger partial charge in [-0.3, -0.25) is 9.89 Å². The third-order valence-corrected chi connectivity index (χ3v) is 6.31. The van der Waals surface area contributed by atoms with Crippen LogP contribution >= 0.6 is 0 Å². The molecule has 0 aliphatic carbocycles. The molecule has 5 aromatic rings. The van der Waals surface area contributed by atoms with E-state index in [0.717, 1.165) is 40.9 Å². The van der Waals surface area contributed by atoms with E-state index >= 15 is 0 Å². The van der Waals surface area contributed by atoms with Crippen LogP contribution in [0.1, 0.15) is 15.9 Å². The van der Waals surface area contributed by atoms with Crippen LogP contribution in [0.2, 0.25) is 0 Å². The molecule has 1 aliphatic rings. The average molecular weight is 442 g/mol. The number of H-pyrrole nitrogens is 1. The number of pyridine rings is 1. The number of carbonyl (C=O) groups is 1. The van der Waals surface area contributed by atoms with Crippen LogP contribution in [0.5, 0.6) is 0 Å². The monoisotopic (exact) mass is 442 g/mol. The number of nitrogen functional groups attached to an aromatic ring is 1. The van der Waals surface area contributed by atoms with Gasteiger partial charge in [-0.05, 0) is 42.3 Å². The fourth-order valence-electron chi connectivity index (χ4n) is 4.69. The molecule has 5 N–H and O–H groups in total. The summed E-state index contributed by atoms with van der Waals surface area (Å²) in [5.74, 6) is 0.185. The van der Waals surface area contributed by atoms with E-state index in [2.05, 4.69) is 15.1 Å². The number of furan rings is 1. The van der Waals surface area contributed by atoms with E-state index < -0.39 is 5.91 Å². The van der Waals surface area contributed by atoms with Crippen LogP contribution in [0.3, 0.4) is 0 Å². The Hall–Kier alpha value is -4.11. The van der Waals surface area contributed by atoms with Crippen molar-refractivity contribution in [2.75, 3.05) is 36.9 Å². The van der Waals surface area contributed by atoms with Crippen molar-refractivity contribution in [3.63, 3.8) is 0 Å². The second-order valence-corrected chi connectivity index (χ2v) is 8.26. The Kier molecular flexibility index (Phi) is 4.27. The first-order chi connectivity index (χ1) is 16.0. The molecule has 166 valence electrons. The molecular weight excluding hydrogens is 420 g/mol. The Balaban J connectivity index is 1.67. The average Bonchev–Trinajstić information content (AvgIpc) is 3.43. The number of aryl methyl sites for hydroxylation is 1. The molecule has 1 aliphatic heterocycles. The van der Waals surface area contributed by atoms with Gasteiger partial charge < -0.3 is 25.5 Å². The molecule has 9 nitrogen and oxygen atoms in total. The summed E-state index contributed by atoms with van der Waals surface area (Å²) in [5, 5.41) is 8.77. The van der Waals surface area contributed by atoms with E-state index in [1.54, 1.807) is 6.20 Å². The molecule has 0 radical (unpaired) electrons. The number of primary amides is 1. The minimum Gasteiger partial charge on any atom is -0.453 e. The molecule has 0 spiro atoms. The molecule has 0 atom stereocenters. The van der Waals surface area contributed by atoms with Crippen LogP contribution in [-0.4, -0.2) is 47.4 Å². The minimum absolute atomic E-state index is 0.160. The van der Waals surface area contributed by atoms with Crippen LogP contribution in [0, 0.1) is 6.92 Å². The highest BCUT2D eigenvalue weighted by Crippen LogP contribution is 2.42. The van der Waals surface area contributed by atoms with E-state index in [4.69, 9.17) is 25.6 Å². The third kappa shape index (κ3) is 2.93. The van der Waals surface area contributed by atoms with E-state index in [1.807, 2.05) is 37.3 Å². The first-order valence-corrected chi connectivity index (χ1v) is 10.7. The summed E-state index contributed by atoms with van der Waals surface area (Å²) in [4.78, 5) is 19.6. The normalized spacial score (nSPS) is 14.5. The molecule has 4 heterocycles. The maximum Gasteiger partial charge on any atom is 0.254 e. The number of nitrogens with two attached hydrogens (primary N) is 2. The molecule has 9 heteroatoms. The number of aromatic amines is 1. The van der Waals surface area contributed by atoms with Gasteiger partial charge in [-0.2, -0.15) is 5.10 Å². The lowest BCUT2D eigenvalue weighted by atomic mass is 9.92. The van der Waals surface area contributed by atoms with E-state index in [9.17, 15) is 4.79 Å². The number of hydrogen-bond acceptors (Lipinski definition) is 7. The third-order valence-electron chi connectivity index (χ3n) is 6.31. The summed E-state index contributed by atoms with van der Waals surface area (Å²) in [6.45, 7) is 4.84. The number of benzene rings is 2. The van der Waals surface area contributed by atoms with Crippen molar-refractivity contribution in [1.82, 2.24) is 15.2 Å². The zero-order valence-electron chi connectivity index (χ0n) is 18.0. The summed E-state index contributed by atoms with van der Waals surface area (Å²) in [7, 11) is 0. The SMILES string of the molecule is Cc1ccc2[nH]ncc2c1-c1cc2c(oc3ccc(N4CCOCC4)nc32)c(C(N)=O)c1N. The van der Waals surface area contributed by atoms with Crippen molar-refractivity contribution in [3.05, 3.63) is 47.7 Å². The molecule has 1 amide bonds. The Labute approximate surface area is 188 Å². The van der Waals surface area contributed by atoms with Crippen molar-refractivity contribution >= 4 is 50.4 Å². The molecule has 0 unspecified atom stereocenters. The fourth-order valence-corrected chi connectivity index (χ4v) is 4.69. The molecule has 6 rings (SSSR count). The Morgan fingerprint density at radius 2 is 1.97 bits per heavy atom. The van der Waals surface area contributed by atoms with Crippen LogP contribution in [0.4, 0.5) is 11.5 Å². The molecule has 0 saturated carbocycles. The van der Waals surface area contributed by atoms with E-state index in [1.165, 1.54) is 0 Å². The van der Waals surface area contributed by atoms with Crippen LogP contribution in [0.25, 0.3) is 44.1 Å². The van der Waals surface area contributed by atoms with Gasteiger partial charge in [0.1, 0.15) is 16.9 Å². The predicted molar refractivity (Wildman–Crippen MR) is 127 cm³/mol. The first-order valence-electron chi connectivity index (χ1n) is 10.7. The van der Waals surface area contributed by atoms with E-state index in [-0.39, 0.29) is 11.3 Å². The quantitative estimate of drug-likeness (QED) is 0.365. The minimum atomic E-state index is -0.649. The van der Waals surface area contributed by atoms with Crippen molar-refractivity contribution in [2.45, 2.75) is 6.92 Å². The number of hydrogen-bond donors (Lipinski definition) is 3. The van der Waals surface area contributed by atoms with E-state index in [0.29, 0.717) is 40.8 Å². The van der Waals surface area contributed by atoms with Gasteiger partial charge in [0.15, 0.2) is 11.2 Å². The van der Waals surface area contributed by atoms with Gasteiger partial charge in [0.05, 0.1) is 30.6 Å². The topological polar surface area (TPSA) is 136 Å². The highest BCUT2D eigenvalue weighted by molar-refractivity contribution is 6.19. The van der Waals surface area contributed by atoms with Crippen LogP contribution in [0.15, 0.2) is 40.9 Å². The Morgan fingerprint density at radius 1 is 1.15 bits per heavy atom. The number of ether oxygens (including phenoxy) is 1. The smallest absolute Gasteiger partial charge is 0.254 e. The summed E-state index contributed by atoms with van der Waals surface area (Å²) in [5.41, 5.74) is 17.8. The first kappa shape index (κ1) is 19.6. The Bertz CT molecular complexity index is 1560. The number of anilines is 2. The molecule has 1 fully saturated rings. The Morgan fingerprint density at radius 3 is 2.76 bits per heavy atom. The van der Waals surface area contributed by atoms with Gasteiger partial charge in [-0.15, -0.1) is 0 Å². The lowest BCUT2D eigenvalue weighted by molar-refractivity contribution is 0.100. The number of nitrogens with zero attached hydrogens (tertiary/aromatic N) is 3. The lowest BCUT2D eigenvalue weighted by Crippen LogP contribution is -2.36. The molecule has 2 aromatic carbocycles. The van der Waals surface area contributed by atoms with Gasteiger partial charge in [0, 0.05) is 29.4 Å². The van der Waals surface area contributed by atoms with Gasteiger partial charge in [0.2, 0.25) is 0 Å². The predicted octanol–water partition coefficient (Wildman–Crippen LogP) is 3.35. The number of nitrogens with one attached hydrogen (secondary N) is 1. The van der Waals surface area contributed by atoms with Crippen LogP contribution < -0.4 is 16.4 Å². The van der Waals surface area contributed by atoms with Crippen molar-refractivity contribution in [1.29, 1.82) is 0 Å². The highest BCUT2D eigenvalue weighted by atomic mass is 16.5. The zero-order chi connectivity index (χ0) is 22.7. The van der Waals surface area contributed by atoms with Crippen molar-refractivity contribution in [2.24, 2.45) is 5.73 Å². The summed E-state index contributed by atoms with van der Waals surface area (Å²) < 4.78 is 11.5. The number of carbonyl (C=O) groups excluding carboxylic acids is 1. The second-order valence-electron chi connectivity index (χ2n) is 8.26. The van der Waals surface area contributed by atoms with Crippen molar-refractivity contribution < 1.29 is 13.9 Å². The number of fused-ring (bicyclic) bond motifs is 4. The van der Waals surface area contributed by atoms with Gasteiger partial charge in [-0.25, -0.2) is 4.98 Å². The molecule has 3 aromatic heterocycles. The fraction of sp³-hybridized carbons (Fsp3) is 0.208. The van der Waals surface area contributed by atoms with Crippen LogP contribution in [-0.2, 0) is 4.74 Å². The molecule has 33 heavy (non-hydrogen) atoms. The van der Waals surface area contributed by atoms with Gasteiger partial charge in [0.25, 0.3) is 5.91 Å². The summed E-state index contributed by atoms with van der Waals surface area (Å²) >= 11 is 0. The summed E-state index contributed by atoms with van der Waals surface area (Å²) in [6, 6.07) is 9.68. The van der Waals surface area contributed by atoms with Gasteiger partial charge >= 0.3 is 0 Å². The molecular formula is C24H22N6O3. The molecule has 0 bridgehead atoms. The maximum atomic E-state index is 12.5. The standard InChI is InChI=1S/C24H22N6O3/c1-12-2-3-16-15(11-27-29-16)19(12)13-10-14-22-17(33-23(14)20(21(13)25)24(26)31)4-5-18(28-22)30-6-8-32-9-7-30/h2-5,10-11H,6-9,25H2,1H3,(H2,26,31)(H,27,29). The summed E-state index contributed by atoms with van der Waals surface area (Å²) in [6.07, 6.45) is 1.76.